The minimum absolute atomic E-state index is 0.728. The molecule has 0 bridgehead atoms. The van der Waals surface area contributed by atoms with E-state index in [2.05, 4.69) is 41.5 Å². The van der Waals surface area contributed by atoms with E-state index < -0.39 is 0 Å². The smallest absolute Gasteiger partial charge is 0.0240 e. The lowest BCUT2D eigenvalue weighted by molar-refractivity contribution is 0.139. The van der Waals surface area contributed by atoms with Crippen LogP contribution in [0.15, 0.2) is 24.3 Å². The van der Waals surface area contributed by atoms with E-state index >= 15 is 0 Å². The molecule has 0 aromatic heterocycles. The molecule has 1 aromatic carbocycles. The predicted octanol–water partition coefficient (Wildman–Crippen LogP) is 3.14. The van der Waals surface area contributed by atoms with Crippen molar-refractivity contribution in [3.8, 4) is 0 Å². The van der Waals surface area contributed by atoms with Crippen LogP contribution in [0.5, 0.6) is 0 Å². The Labute approximate surface area is 117 Å². The summed E-state index contributed by atoms with van der Waals surface area (Å²) in [7, 11) is 2.07. The molecule has 1 atom stereocenters. The van der Waals surface area contributed by atoms with Gasteiger partial charge in [-0.15, -0.1) is 0 Å². The maximum atomic E-state index is 3.36. The fraction of sp³-hybridized carbons (Fsp3) is 0.647. The molecule has 0 amide bonds. The largest absolute Gasteiger partial charge is 0.318 e. The number of likely N-dealkylation sites (tertiary alicyclic amines) is 1. The van der Waals surface area contributed by atoms with E-state index in [0.717, 1.165) is 25.0 Å². The quantitative estimate of drug-likeness (QED) is 0.873. The molecule has 1 N–H and O–H groups in total. The van der Waals surface area contributed by atoms with Crippen molar-refractivity contribution in [3.05, 3.63) is 35.4 Å². The van der Waals surface area contributed by atoms with E-state index in [9.17, 15) is 0 Å². The Morgan fingerprint density at radius 1 is 1.16 bits per heavy atom. The van der Waals surface area contributed by atoms with Crippen molar-refractivity contribution in [3.63, 3.8) is 0 Å². The zero-order chi connectivity index (χ0) is 13.1. The van der Waals surface area contributed by atoms with Gasteiger partial charge in [0.25, 0.3) is 0 Å². The second kappa shape index (κ2) is 6.06. The fourth-order valence-electron chi connectivity index (χ4n) is 3.42. The van der Waals surface area contributed by atoms with Gasteiger partial charge in [0, 0.05) is 19.1 Å². The van der Waals surface area contributed by atoms with Crippen molar-refractivity contribution in [2.45, 2.75) is 50.6 Å². The predicted molar refractivity (Wildman–Crippen MR) is 80.4 cm³/mol. The van der Waals surface area contributed by atoms with Crippen LogP contribution in [0.1, 0.15) is 49.1 Å². The molecule has 1 saturated heterocycles. The van der Waals surface area contributed by atoms with Crippen molar-refractivity contribution in [2.75, 3.05) is 20.1 Å². The summed E-state index contributed by atoms with van der Waals surface area (Å²) < 4.78 is 0. The summed E-state index contributed by atoms with van der Waals surface area (Å²) in [6.45, 7) is 3.55. The summed E-state index contributed by atoms with van der Waals surface area (Å²) in [5.41, 5.74) is 3.20. The van der Waals surface area contributed by atoms with Gasteiger partial charge in [0.05, 0.1) is 0 Å². The lowest BCUT2D eigenvalue weighted by Crippen LogP contribution is -2.44. The van der Waals surface area contributed by atoms with E-state index in [1.807, 2.05) is 0 Å². The van der Waals surface area contributed by atoms with Crippen molar-refractivity contribution in [1.29, 1.82) is 0 Å². The molecule has 0 radical (unpaired) electrons. The zero-order valence-electron chi connectivity index (χ0n) is 12.1. The SMILES string of the molecule is CNCC1CCCCN1Cc1ccccc1C1CC1. The molecule has 2 nitrogen and oxygen atoms in total. The third kappa shape index (κ3) is 3.18. The average molecular weight is 258 g/mol. The van der Waals surface area contributed by atoms with Gasteiger partial charge in [-0.05, 0) is 56.3 Å². The van der Waals surface area contributed by atoms with E-state index in [1.54, 1.807) is 11.1 Å². The summed E-state index contributed by atoms with van der Waals surface area (Å²) in [5.74, 6) is 0.865. The van der Waals surface area contributed by atoms with Crippen LogP contribution in [0.4, 0.5) is 0 Å². The number of nitrogens with zero attached hydrogens (tertiary/aromatic N) is 1. The molecular formula is C17H26N2. The number of hydrogen-bond donors (Lipinski definition) is 1. The van der Waals surface area contributed by atoms with Gasteiger partial charge < -0.3 is 5.32 Å². The summed E-state index contributed by atoms with van der Waals surface area (Å²) in [6.07, 6.45) is 6.92. The Morgan fingerprint density at radius 3 is 2.79 bits per heavy atom. The standard InChI is InChI=1S/C17H26N2/c1-18-12-16-7-4-5-11-19(16)13-15-6-2-3-8-17(15)14-9-10-14/h2-3,6,8,14,16,18H,4-5,7,9-13H2,1H3. The van der Waals surface area contributed by atoms with Gasteiger partial charge in [-0.25, -0.2) is 0 Å². The van der Waals surface area contributed by atoms with Crippen molar-refractivity contribution >= 4 is 0 Å². The topological polar surface area (TPSA) is 15.3 Å². The van der Waals surface area contributed by atoms with Crippen LogP contribution < -0.4 is 5.32 Å². The van der Waals surface area contributed by atoms with Gasteiger partial charge >= 0.3 is 0 Å². The number of rotatable bonds is 5. The van der Waals surface area contributed by atoms with Crippen LogP contribution in [0.3, 0.4) is 0 Å². The molecule has 1 heterocycles. The zero-order valence-corrected chi connectivity index (χ0v) is 12.1. The van der Waals surface area contributed by atoms with Gasteiger partial charge in [-0.3, -0.25) is 4.90 Å². The highest BCUT2D eigenvalue weighted by Gasteiger charge is 2.27. The summed E-state index contributed by atoms with van der Waals surface area (Å²) in [5, 5.41) is 3.36. The summed E-state index contributed by atoms with van der Waals surface area (Å²) >= 11 is 0. The van der Waals surface area contributed by atoms with E-state index in [0.29, 0.717) is 0 Å². The summed E-state index contributed by atoms with van der Waals surface area (Å²) in [6, 6.07) is 9.84. The summed E-state index contributed by atoms with van der Waals surface area (Å²) in [4.78, 5) is 2.70. The molecule has 2 fully saturated rings. The minimum Gasteiger partial charge on any atom is -0.318 e. The normalized spacial score (nSPS) is 24.6. The molecule has 1 aliphatic carbocycles. The first kappa shape index (κ1) is 13.1. The molecule has 0 spiro atoms. The third-order valence-electron chi connectivity index (χ3n) is 4.63. The van der Waals surface area contributed by atoms with E-state index in [-0.39, 0.29) is 0 Å². The second-order valence-electron chi connectivity index (χ2n) is 6.15. The number of likely N-dealkylation sites (N-methyl/N-ethyl adjacent to an activating group) is 1. The molecule has 1 aliphatic heterocycles. The lowest BCUT2D eigenvalue weighted by Gasteiger charge is -2.36. The highest BCUT2D eigenvalue weighted by molar-refractivity contribution is 5.33. The maximum Gasteiger partial charge on any atom is 0.0240 e. The molecule has 1 saturated carbocycles. The lowest BCUT2D eigenvalue weighted by atomic mass is 9.98. The van der Waals surface area contributed by atoms with Crippen LogP contribution in [-0.4, -0.2) is 31.1 Å². The molecule has 2 aliphatic rings. The molecule has 19 heavy (non-hydrogen) atoms. The van der Waals surface area contributed by atoms with E-state index in [1.165, 1.54) is 38.6 Å². The Balaban J connectivity index is 1.72. The Hall–Kier alpha value is -0.860. The van der Waals surface area contributed by atoms with Crippen molar-refractivity contribution < 1.29 is 0 Å². The first-order valence-corrected chi connectivity index (χ1v) is 7.85. The van der Waals surface area contributed by atoms with Gasteiger partial charge in [-0.2, -0.15) is 0 Å². The maximum absolute atomic E-state index is 3.36. The molecule has 1 aromatic rings. The molecule has 1 unspecified atom stereocenters. The number of hydrogen-bond acceptors (Lipinski definition) is 2. The van der Waals surface area contributed by atoms with Gasteiger partial charge in [-0.1, -0.05) is 30.7 Å². The Morgan fingerprint density at radius 2 is 2.00 bits per heavy atom. The molecule has 3 rings (SSSR count). The first-order valence-electron chi connectivity index (χ1n) is 7.85. The minimum atomic E-state index is 0.728. The van der Waals surface area contributed by atoms with Crippen LogP contribution in [0, 0.1) is 0 Å². The number of nitrogens with one attached hydrogen (secondary N) is 1. The van der Waals surface area contributed by atoms with Gasteiger partial charge in [0.1, 0.15) is 0 Å². The van der Waals surface area contributed by atoms with Crippen molar-refractivity contribution in [2.24, 2.45) is 0 Å². The van der Waals surface area contributed by atoms with Crippen LogP contribution in [0.2, 0.25) is 0 Å². The second-order valence-corrected chi connectivity index (χ2v) is 6.15. The van der Waals surface area contributed by atoms with Gasteiger partial charge in [0.15, 0.2) is 0 Å². The highest BCUT2D eigenvalue weighted by atomic mass is 15.2. The van der Waals surface area contributed by atoms with Gasteiger partial charge in [0.2, 0.25) is 0 Å². The third-order valence-corrected chi connectivity index (χ3v) is 4.63. The highest BCUT2D eigenvalue weighted by Crippen LogP contribution is 2.42. The first-order chi connectivity index (χ1) is 9.38. The Kier molecular flexibility index (Phi) is 4.19. The molecular weight excluding hydrogens is 232 g/mol. The fourth-order valence-corrected chi connectivity index (χ4v) is 3.42. The average Bonchev–Trinajstić information content (AvgIpc) is 3.26. The molecule has 104 valence electrons. The van der Waals surface area contributed by atoms with Crippen LogP contribution in [0.25, 0.3) is 0 Å². The monoisotopic (exact) mass is 258 g/mol. The van der Waals surface area contributed by atoms with E-state index in [4.69, 9.17) is 0 Å². The number of piperidine rings is 1. The number of benzene rings is 1. The molecule has 2 heteroatoms. The van der Waals surface area contributed by atoms with Crippen molar-refractivity contribution in [1.82, 2.24) is 10.2 Å². The Bertz CT molecular complexity index is 409. The van der Waals surface area contributed by atoms with Crippen LogP contribution >= 0.6 is 0 Å². The van der Waals surface area contributed by atoms with Crippen LogP contribution in [-0.2, 0) is 6.54 Å².